The van der Waals surface area contributed by atoms with Crippen molar-refractivity contribution in [3.8, 4) is 22.6 Å². The first kappa shape index (κ1) is 40.7. The normalized spacial score (nSPS) is 13.5. The Morgan fingerprint density at radius 3 is 1.64 bits per heavy atom. The van der Waals surface area contributed by atoms with Gasteiger partial charge in [-0.1, -0.05) is 120 Å². The fourth-order valence-corrected chi connectivity index (χ4v) is 12.2. The van der Waals surface area contributed by atoms with Crippen molar-refractivity contribution in [3.05, 3.63) is 173 Å². The number of nitrogens with zero attached hydrogens (tertiary/aromatic N) is 2. The number of aryl methyl sites for hydroxylation is 4. The van der Waals surface area contributed by atoms with Crippen LogP contribution in [0.1, 0.15) is 74.9 Å². The van der Waals surface area contributed by atoms with E-state index < -0.39 is 0 Å². The van der Waals surface area contributed by atoms with Crippen LogP contribution >= 0.6 is 11.3 Å². The molecule has 3 aromatic heterocycles. The standard InChI is InChI=1S/C60H53BN2O2S/c1-34-26-41(52-32-39-17-12-14-21-50(39)65-52)27-35(2)57(34)63-47-19-15-18-46-55(47)61(54-44-33-42(59(5,6)7)23-25-53(44)66-58(54)63)45-24-22-40(51-31-38-16-11-13-20-49(38)64-51)30-48(45)62(46)56-36(3)28-43(29-37(56)4)60(8,9)10/h11-33H,1-10H3. The zero-order valence-corrected chi connectivity index (χ0v) is 40.3. The summed E-state index contributed by atoms with van der Waals surface area (Å²) in [5.74, 6) is 1.76. The molecule has 4 nitrogen and oxygen atoms in total. The second-order valence-corrected chi connectivity index (χ2v) is 21.9. The highest BCUT2D eigenvalue weighted by Crippen LogP contribution is 2.51. The first-order valence-electron chi connectivity index (χ1n) is 23.3. The first-order chi connectivity index (χ1) is 31.6. The van der Waals surface area contributed by atoms with Gasteiger partial charge in [-0.2, -0.15) is 0 Å². The van der Waals surface area contributed by atoms with Gasteiger partial charge in [-0.15, -0.1) is 11.3 Å². The van der Waals surface area contributed by atoms with Gasteiger partial charge in [0.05, 0.1) is 16.4 Å². The van der Waals surface area contributed by atoms with Crippen LogP contribution in [0, 0.1) is 27.7 Å². The molecule has 2 aliphatic rings. The molecule has 6 heteroatoms. The van der Waals surface area contributed by atoms with E-state index in [1.165, 1.54) is 93.3 Å². The number of rotatable bonds is 4. The van der Waals surface area contributed by atoms with E-state index in [1.807, 2.05) is 29.5 Å². The molecule has 0 radical (unpaired) electrons. The van der Waals surface area contributed by atoms with E-state index in [0.717, 1.165) is 44.6 Å². The summed E-state index contributed by atoms with van der Waals surface area (Å²) in [6.07, 6.45) is 0. The van der Waals surface area contributed by atoms with Gasteiger partial charge in [-0.05, 0) is 154 Å². The number of benzene rings is 7. The van der Waals surface area contributed by atoms with Crippen molar-refractivity contribution < 1.29 is 8.83 Å². The van der Waals surface area contributed by atoms with Crippen LogP contribution in [-0.2, 0) is 10.8 Å². The van der Waals surface area contributed by atoms with Crippen molar-refractivity contribution in [3.63, 3.8) is 0 Å². The fraction of sp³-hybridized carbons (Fsp3) is 0.200. The van der Waals surface area contributed by atoms with Gasteiger partial charge in [0.1, 0.15) is 22.7 Å². The monoisotopic (exact) mass is 876 g/mol. The van der Waals surface area contributed by atoms with Crippen molar-refractivity contribution in [2.75, 3.05) is 9.80 Å². The average Bonchev–Trinajstić information content (AvgIpc) is 4.02. The van der Waals surface area contributed by atoms with Gasteiger partial charge in [0, 0.05) is 43.7 Å². The lowest BCUT2D eigenvalue weighted by Gasteiger charge is -2.44. The minimum atomic E-state index is -0.0210. The maximum Gasteiger partial charge on any atom is 0.254 e. The summed E-state index contributed by atoms with van der Waals surface area (Å²) in [7, 11) is 0. The molecule has 0 unspecified atom stereocenters. The minimum Gasteiger partial charge on any atom is -0.456 e. The minimum absolute atomic E-state index is 0.0117. The van der Waals surface area contributed by atoms with Gasteiger partial charge in [-0.3, -0.25) is 0 Å². The van der Waals surface area contributed by atoms with E-state index in [9.17, 15) is 0 Å². The summed E-state index contributed by atoms with van der Waals surface area (Å²) < 4.78 is 14.3. The third-order valence-corrected chi connectivity index (χ3v) is 15.4. The third kappa shape index (κ3) is 6.18. The van der Waals surface area contributed by atoms with E-state index >= 15 is 0 Å². The highest BCUT2D eigenvalue weighted by atomic mass is 32.1. The summed E-state index contributed by atoms with van der Waals surface area (Å²) in [4.78, 5) is 5.18. The van der Waals surface area contributed by atoms with Crippen LogP contribution in [0.25, 0.3) is 54.7 Å². The van der Waals surface area contributed by atoms with Gasteiger partial charge in [0.15, 0.2) is 0 Å². The number of anilines is 6. The van der Waals surface area contributed by atoms with Crippen LogP contribution in [0.2, 0.25) is 0 Å². The highest BCUT2D eigenvalue weighted by molar-refractivity contribution is 7.26. The predicted molar refractivity (Wildman–Crippen MR) is 283 cm³/mol. The molecule has 0 atom stereocenters. The quantitative estimate of drug-likeness (QED) is 0.165. The molecule has 324 valence electrons. The number of para-hydroxylation sites is 2. The number of furan rings is 2. The fourth-order valence-electron chi connectivity index (χ4n) is 11.0. The molecule has 10 aromatic rings. The lowest BCUT2D eigenvalue weighted by molar-refractivity contribution is 0.589. The third-order valence-electron chi connectivity index (χ3n) is 14.2. The number of hydrogen-bond acceptors (Lipinski definition) is 5. The highest BCUT2D eigenvalue weighted by Gasteiger charge is 2.46. The summed E-state index contributed by atoms with van der Waals surface area (Å²) >= 11 is 1.92. The summed E-state index contributed by atoms with van der Waals surface area (Å²) in [5, 5.41) is 4.82. The van der Waals surface area contributed by atoms with Gasteiger partial charge in [0.2, 0.25) is 0 Å². The van der Waals surface area contributed by atoms with Gasteiger partial charge in [0.25, 0.3) is 6.71 Å². The van der Waals surface area contributed by atoms with Crippen molar-refractivity contribution in [1.82, 2.24) is 0 Å². The van der Waals surface area contributed by atoms with Crippen molar-refractivity contribution in [2.24, 2.45) is 0 Å². The molecule has 0 bridgehead atoms. The second-order valence-electron chi connectivity index (χ2n) is 20.8. The van der Waals surface area contributed by atoms with Crippen LogP contribution in [0.3, 0.4) is 0 Å². The molecule has 12 rings (SSSR count). The molecule has 0 saturated carbocycles. The molecule has 2 aliphatic heterocycles. The van der Waals surface area contributed by atoms with Crippen LogP contribution < -0.4 is 26.2 Å². The zero-order chi connectivity index (χ0) is 45.6. The Balaban J connectivity index is 1.15. The summed E-state index contributed by atoms with van der Waals surface area (Å²) in [6, 6.07) is 51.7. The maximum absolute atomic E-state index is 6.59. The van der Waals surface area contributed by atoms with Crippen LogP contribution in [0.5, 0.6) is 0 Å². The SMILES string of the molecule is Cc1cc(C(C)(C)C)cc(C)c1N1c2cc(-c3cc4ccccc4o3)ccc2B2c3c1cccc3N(c1c(C)cc(-c3cc4ccccc4o3)cc1C)c1sc3ccc(C(C)(C)C)cc3c12. The topological polar surface area (TPSA) is 32.8 Å². The molecule has 0 amide bonds. The smallest absolute Gasteiger partial charge is 0.254 e. The largest absolute Gasteiger partial charge is 0.456 e. The number of fused-ring (bicyclic) bond motifs is 8. The predicted octanol–water partition coefficient (Wildman–Crippen LogP) is 15.6. The van der Waals surface area contributed by atoms with E-state index in [1.54, 1.807) is 0 Å². The second kappa shape index (κ2) is 14.4. The zero-order valence-electron chi connectivity index (χ0n) is 39.5. The summed E-state index contributed by atoms with van der Waals surface area (Å²) in [5.41, 5.74) is 21.6. The van der Waals surface area contributed by atoms with Crippen molar-refractivity contribution >= 4 is 99.9 Å². The van der Waals surface area contributed by atoms with Crippen LogP contribution in [-0.4, -0.2) is 6.71 Å². The average molecular weight is 877 g/mol. The van der Waals surface area contributed by atoms with E-state index in [0.29, 0.717) is 0 Å². The van der Waals surface area contributed by atoms with Gasteiger partial charge < -0.3 is 18.6 Å². The molecule has 7 aromatic carbocycles. The number of thiophene rings is 1. The van der Waals surface area contributed by atoms with Crippen LogP contribution in [0.15, 0.2) is 148 Å². The Labute approximate surface area is 392 Å². The van der Waals surface area contributed by atoms with Crippen LogP contribution in [0.4, 0.5) is 33.4 Å². The Kier molecular flexibility index (Phi) is 8.87. The lowest BCUT2D eigenvalue weighted by atomic mass is 9.33. The van der Waals surface area contributed by atoms with Crippen molar-refractivity contribution in [1.29, 1.82) is 0 Å². The van der Waals surface area contributed by atoms with E-state index in [4.69, 9.17) is 8.83 Å². The molecular formula is C60H53BN2O2S. The molecule has 5 heterocycles. The van der Waals surface area contributed by atoms with E-state index in [2.05, 4.69) is 200 Å². The number of hydrogen-bond donors (Lipinski definition) is 0. The van der Waals surface area contributed by atoms with Gasteiger partial charge in [-0.25, -0.2) is 0 Å². The van der Waals surface area contributed by atoms with Crippen molar-refractivity contribution in [2.45, 2.75) is 80.1 Å². The molecule has 0 fully saturated rings. The molecule has 66 heavy (non-hydrogen) atoms. The van der Waals surface area contributed by atoms with E-state index in [-0.39, 0.29) is 17.5 Å². The Morgan fingerprint density at radius 2 is 1.03 bits per heavy atom. The Bertz CT molecular complexity index is 3530. The first-order valence-corrected chi connectivity index (χ1v) is 24.1. The van der Waals surface area contributed by atoms with Gasteiger partial charge >= 0.3 is 0 Å². The Hall–Kier alpha value is -6.76. The molecule has 0 aliphatic carbocycles. The molecule has 0 saturated heterocycles. The maximum atomic E-state index is 6.59. The summed E-state index contributed by atoms with van der Waals surface area (Å²) in [6.45, 7) is 23.0. The molecule has 0 N–H and O–H groups in total. The lowest BCUT2D eigenvalue weighted by Crippen LogP contribution is -2.61. The molecule has 0 spiro atoms. The molecular weight excluding hydrogens is 824 g/mol. The Morgan fingerprint density at radius 1 is 0.470 bits per heavy atom.